The lowest BCUT2D eigenvalue weighted by molar-refractivity contribution is -0.121. The molecular weight excluding hydrogens is 256 g/mol. The Morgan fingerprint density at radius 1 is 1.40 bits per heavy atom. The lowest BCUT2D eigenvalue weighted by atomic mass is 10.2. The number of nitrogens with two attached hydrogens (primary N) is 1. The second-order valence-electron chi connectivity index (χ2n) is 4.83. The number of carbonyl (C=O) groups is 2. The number of rotatable bonds is 7. The Balaban J connectivity index is 2.42. The van der Waals surface area contributed by atoms with Gasteiger partial charge in [-0.1, -0.05) is 6.92 Å². The van der Waals surface area contributed by atoms with E-state index < -0.39 is 0 Å². The molecule has 6 heteroatoms. The largest absolute Gasteiger partial charge is 0.397 e. The molecule has 1 heterocycles. The third kappa shape index (κ3) is 4.60. The fourth-order valence-electron chi connectivity index (χ4n) is 1.81. The van der Waals surface area contributed by atoms with Crippen LogP contribution < -0.4 is 16.4 Å². The first kappa shape index (κ1) is 16.1. The van der Waals surface area contributed by atoms with E-state index >= 15 is 0 Å². The second kappa shape index (κ2) is 7.57. The number of nitrogens with one attached hydrogen (secondary N) is 2. The van der Waals surface area contributed by atoms with E-state index in [0.717, 1.165) is 6.42 Å². The number of aromatic nitrogens is 1. The number of aryl methyl sites for hydroxylation is 1. The molecule has 1 aromatic rings. The number of hydrogen-bond acceptors (Lipinski definition) is 3. The van der Waals surface area contributed by atoms with E-state index in [9.17, 15) is 9.59 Å². The standard InChI is InChI=1S/C14H24N4O2/c1-4-10(3)17-13(19)6-7-16-14(20)12-8-11(15)9-18(12)5-2/h8-10H,4-7,15H2,1-3H3,(H,16,20)(H,17,19). The monoisotopic (exact) mass is 280 g/mol. The highest BCUT2D eigenvalue weighted by atomic mass is 16.2. The molecule has 4 N–H and O–H groups in total. The molecule has 0 bridgehead atoms. The third-order valence-corrected chi connectivity index (χ3v) is 3.15. The first-order chi connectivity index (χ1) is 9.47. The minimum absolute atomic E-state index is 0.0509. The van der Waals surface area contributed by atoms with Gasteiger partial charge in [0.25, 0.3) is 5.91 Å². The maximum atomic E-state index is 12.0. The zero-order chi connectivity index (χ0) is 15.1. The number of amides is 2. The molecule has 0 aliphatic rings. The van der Waals surface area contributed by atoms with Gasteiger partial charge >= 0.3 is 0 Å². The first-order valence-electron chi connectivity index (χ1n) is 7.01. The summed E-state index contributed by atoms with van der Waals surface area (Å²) in [4.78, 5) is 23.5. The number of hydrogen-bond donors (Lipinski definition) is 3. The molecule has 1 rings (SSSR count). The third-order valence-electron chi connectivity index (χ3n) is 3.15. The molecule has 112 valence electrons. The average molecular weight is 280 g/mol. The van der Waals surface area contributed by atoms with Crippen LogP contribution in [0.2, 0.25) is 0 Å². The van der Waals surface area contributed by atoms with Crippen LogP contribution in [0, 0.1) is 0 Å². The van der Waals surface area contributed by atoms with Crippen molar-refractivity contribution in [2.75, 3.05) is 12.3 Å². The van der Waals surface area contributed by atoms with Gasteiger partial charge in [0.15, 0.2) is 0 Å². The maximum absolute atomic E-state index is 12.0. The maximum Gasteiger partial charge on any atom is 0.267 e. The van der Waals surface area contributed by atoms with Crippen LogP contribution in [0.15, 0.2) is 12.3 Å². The van der Waals surface area contributed by atoms with Crippen molar-refractivity contribution in [3.8, 4) is 0 Å². The number of carbonyl (C=O) groups excluding carboxylic acids is 2. The van der Waals surface area contributed by atoms with Crippen LogP contribution in [-0.4, -0.2) is 29.0 Å². The Labute approximate surface area is 119 Å². The van der Waals surface area contributed by atoms with Crippen LogP contribution in [0.4, 0.5) is 5.69 Å². The molecule has 1 aromatic heterocycles. The second-order valence-corrected chi connectivity index (χ2v) is 4.83. The van der Waals surface area contributed by atoms with Crippen molar-refractivity contribution in [3.63, 3.8) is 0 Å². The molecule has 0 fully saturated rings. The summed E-state index contributed by atoms with van der Waals surface area (Å²) in [5.74, 6) is -0.259. The van der Waals surface area contributed by atoms with Crippen molar-refractivity contribution >= 4 is 17.5 Å². The Bertz CT molecular complexity index is 468. The summed E-state index contributed by atoms with van der Waals surface area (Å²) in [5, 5.41) is 5.59. The van der Waals surface area contributed by atoms with E-state index in [1.165, 1.54) is 0 Å². The highest BCUT2D eigenvalue weighted by molar-refractivity contribution is 5.94. The number of nitrogen functional groups attached to an aromatic ring is 1. The fourth-order valence-corrected chi connectivity index (χ4v) is 1.81. The zero-order valence-corrected chi connectivity index (χ0v) is 12.4. The molecule has 0 aliphatic carbocycles. The van der Waals surface area contributed by atoms with E-state index in [-0.39, 0.29) is 24.3 Å². The molecular formula is C14H24N4O2. The average Bonchev–Trinajstić information content (AvgIpc) is 2.79. The van der Waals surface area contributed by atoms with Crippen LogP contribution >= 0.6 is 0 Å². The summed E-state index contributed by atoms with van der Waals surface area (Å²) < 4.78 is 1.78. The zero-order valence-electron chi connectivity index (χ0n) is 12.4. The summed E-state index contributed by atoms with van der Waals surface area (Å²) in [5.41, 5.74) is 6.76. The van der Waals surface area contributed by atoms with Gasteiger partial charge in [-0.2, -0.15) is 0 Å². The minimum atomic E-state index is -0.208. The van der Waals surface area contributed by atoms with Crippen LogP contribution in [0.3, 0.4) is 0 Å². The van der Waals surface area contributed by atoms with Gasteiger partial charge in [0, 0.05) is 31.7 Å². The van der Waals surface area contributed by atoms with Crippen LogP contribution in [0.25, 0.3) is 0 Å². The van der Waals surface area contributed by atoms with E-state index in [2.05, 4.69) is 10.6 Å². The molecule has 0 saturated heterocycles. The smallest absolute Gasteiger partial charge is 0.267 e. The number of anilines is 1. The van der Waals surface area contributed by atoms with E-state index in [4.69, 9.17) is 5.73 Å². The van der Waals surface area contributed by atoms with Gasteiger partial charge in [0.05, 0.1) is 5.69 Å². The summed E-state index contributed by atoms with van der Waals surface area (Å²) in [6, 6.07) is 1.80. The predicted octanol–water partition coefficient (Wildman–Crippen LogP) is 1.12. The molecule has 6 nitrogen and oxygen atoms in total. The van der Waals surface area contributed by atoms with Gasteiger partial charge in [-0.25, -0.2) is 0 Å². The molecule has 0 aromatic carbocycles. The van der Waals surface area contributed by atoms with Crippen molar-refractivity contribution in [1.29, 1.82) is 0 Å². The summed E-state index contributed by atoms with van der Waals surface area (Å²) in [6.07, 6.45) is 2.89. The van der Waals surface area contributed by atoms with Crippen LogP contribution in [0.5, 0.6) is 0 Å². The Kier molecular flexibility index (Phi) is 6.09. The van der Waals surface area contributed by atoms with E-state index in [1.807, 2.05) is 20.8 Å². The van der Waals surface area contributed by atoms with Gasteiger partial charge in [-0.05, 0) is 26.3 Å². The van der Waals surface area contributed by atoms with Crippen molar-refractivity contribution in [3.05, 3.63) is 18.0 Å². The lowest BCUT2D eigenvalue weighted by Gasteiger charge is -2.11. The topological polar surface area (TPSA) is 89.2 Å². The molecule has 0 saturated carbocycles. The van der Waals surface area contributed by atoms with Gasteiger partial charge in [0.1, 0.15) is 5.69 Å². The molecule has 1 atom stereocenters. The fraction of sp³-hybridized carbons (Fsp3) is 0.571. The van der Waals surface area contributed by atoms with Gasteiger partial charge < -0.3 is 20.9 Å². The normalized spacial score (nSPS) is 11.9. The Morgan fingerprint density at radius 2 is 2.10 bits per heavy atom. The molecule has 1 unspecified atom stereocenters. The van der Waals surface area contributed by atoms with E-state index in [1.54, 1.807) is 16.8 Å². The van der Waals surface area contributed by atoms with Gasteiger partial charge in [-0.15, -0.1) is 0 Å². The van der Waals surface area contributed by atoms with Crippen molar-refractivity contribution in [2.24, 2.45) is 0 Å². The van der Waals surface area contributed by atoms with Crippen molar-refractivity contribution < 1.29 is 9.59 Å². The molecule has 0 radical (unpaired) electrons. The molecule has 20 heavy (non-hydrogen) atoms. The highest BCUT2D eigenvalue weighted by Crippen LogP contribution is 2.10. The van der Waals surface area contributed by atoms with Gasteiger partial charge in [0.2, 0.25) is 5.91 Å². The summed E-state index contributed by atoms with van der Waals surface area (Å²) in [6.45, 7) is 6.89. The number of nitrogens with zero attached hydrogens (tertiary/aromatic N) is 1. The molecule has 0 spiro atoms. The van der Waals surface area contributed by atoms with E-state index in [0.29, 0.717) is 24.5 Å². The molecule has 2 amide bonds. The summed E-state index contributed by atoms with van der Waals surface area (Å²) >= 11 is 0. The van der Waals surface area contributed by atoms with Gasteiger partial charge in [-0.3, -0.25) is 9.59 Å². The highest BCUT2D eigenvalue weighted by Gasteiger charge is 2.12. The Hall–Kier alpha value is -1.98. The van der Waals surface area contributed by atoms with Crippen LogP contribution in [-0.2, 0) is 11.3 Å². The van der Waals surface area contributed by atoms with Crippen LogP contribution in [0.1, 0.15) is 44.1 Å². The molecule has 0 aliphatic heterocycles. The first-order valence-corrected chi connectivity index (χ1v) is 7.01. The van der Waals surface area contributed by atoms with Crippen molar-refractivity contribution in [1.82, 2.24) is 15.2 Å². The predicted molar refractivity (Wildman–Crippen MR) is 79.4 cm³/mol. The quantitative estimate of drug-likeness (QED) is 0.699. The van der Waals surface area contributed by atoms with Crippen molar-refractivity contribution in [2.45, 2.75) is 46.2 Å². The lowest BCUT2D eigenvalue weighted by Crippen LogP contribution is -2.35. The minimum Gasteiger partial charge on any atom is -0.397 e. The Morgan fingerprint density at radius 3 is 2.70 bits per heavy atom. The summed E-state index contributed by atoms with van der Waals surface area (Å²) in [7, 11) is 0. The SMILES string of the molecule is CCC(C)NC(=O)CCNC(=O)c1cc(N)cn1CC.